The maximum Gasteiger partial charge on any atom is 0.0606 e. The van der Waals surface area contributed by atoms with Gasteiger partial charge in [0.1, 0.15) is 0 Å². The monoisotopic (exact) mass is 185 g/mol. The van der Waals surface area contributed by atoms with Gasteiger partial charge in [0.25, 0.3) is 0 Å². The Labute approximate surface area is 81.5 Å². The van der Waals surface area contributed by atoms with Gasteiger partial charge < -0.3 is 10.8 Å². The van der Waals surface area contributed by atoms with Gasteiger partial charge >= 0.3 is 0 Å². The molecule has 0 radical (unpaired) electrons. The van der Waals surface area contributed by atoms with E-state index in [1.807, 2.05) is 6.92 Å². The summed E-state index contributed by atoms with van der Waals surface area (Å²) in [5.41, 5.74) is 5.85. The van der Waals surface area contributed by atoms with Gasteiger partial charge in [0.15, 0.2) is 0 Å². The maximum atomic E-state index is 9.94. The van der Waals surface area contributed by atoms with Crippen molar-refractivity contribution in [3.63, 3.8) is 0 Å². The molecule has 2 nitrogen and oxygen atoms in total. The van der Waals surface area contributed by atoms with E-state index in [1.165, 1.54) is 12.8 Å². The molecule has 1 aliphatic rings. The topological polar surface area (TPSA) is 46.2 Å². The quantitative estimate of drug-likeness (QED) is 0.703. The average molecular weight is 185 g/mol. The van der Waals surface area contributed by atoms with Crippen LogP contribution >= 0.6 is 0 Å². The van der Waals surface area contributed by atoms with Crippen LogP contribution in [0.2, 0.25) is 0 Å². The van der Waals surface area contributed by atoms with Crippen LogP contribution in [0.3, 0.4) is 0 Å². The summed E-state index contributed by atoms with van der Waals surface area (Å²) in [7, 11) is 0. The largest absolute Gasteiger partial charge is 0.393 e. The Morgan fingerprint density at radius 1 is 1.54 bits per heavy atom. The highest BCUT2D eigenvalue weighted by Crippen LogP contribution is 2.45. The standard InChI is InChI=1S/C11H23NO/c1-3-9-5-6-11(7-9,8-12)10(13)4-2/h9-10,13H,3-8,12H2,1-2H3. The van der Waals surface area contributed by atoms with Gasteiger partial charge in [-0.2, -0.15) is 0 Å². The highest BCUT2D eigenvalue weighted by atomic mass is 16.3. The van der Waals surface area contributed by atoms with Crippen LogP contribution in [0.1, 0.15) is 46.0 Å². The smallest absolute Gasteiger partial charge is 0.0606 e. The van der Waals surface area contributed by atoms with Gasteiger partial charge in [0, 0.05) is 12.0 Å². The zero-order chi connectivity index (χ0) is 9.90. The average Bonchev–Trinajstić information content (AvgIpc) is 2.61. The van der Waals surface area contributed by atoms with Crippen LogP contribution in [-0.4, -0.2) is 17.8 Å². The molecule has 1 saturated carbocycles. The molecule has 1 fully saturated rings. The Balaban J connectivity index is 2.62. The first kappa shape index (κ1) is 11.0. The summed E-state index contributed by atoms with van der Waals surface area (Å²) in [6.45, 7) is 4.93. The van der Waals surface area contributed by atoms with Crippen molar-refractivity contribution in [3.8, 4) is 0 Å². The van der Waals surface area contributed by atoms with Crippen molar-refractivity contribution in [3.05, 3.63) is 0 Å². The Bertz CT molecular complexity index is 160. The van der Waals surface area contributed by atoms with Crippen LogP contribution in [-0.2, 0) is 0 Å². The second-order valence-corrected chi connectivity index (χ2v) is 4.51. The van der Waals surface area contributed by atoms with Crippen molar-refractivity contribution < 1.29 is 5.11 Å². The van der Waals surface area contributed by atoms with Crippen LogP contribution in [0.15, 0.2) is 0 Å². The molecule has 2 heteroatoms. The molecule has 0 aliphatic heterocycles. The molecule has 13 heavy (non-hydrogen) atoms. The van der Waals surface area contributed by atoms with Crippen molar-refractivity contribution in [2.45, 2.75) is 52.1 Å². The summed E-state index contributed by atoms with van der Waals surface area (Å²) in [5, 5.41) is 9.94. The molecule has 3 unspecified atom stereocenters. The molecule has 3 atom stereocenters. The van der Waals surface area contributed by atoms with Crippen molar-refractivity contribution in [2.75, 3.05) is 6.54 Å². The van der Waals surface area contributed by atoms with Gasteiger partial charge in [-0.3, -0.25) is 0 Å². The lowest BCUT2D eigenvalue weighted by Crippen LogP contribution is -2.39. The predicted molar refractivity (Wildman–Crippen MR) is 55.4 cm³/mol. The fourth-order valence-electron chi connectivity index (χ4n) is 2.68. The van der Waals surface area contributed by atoms with E-state index in [2.05, 4.69) is 6.92 Å². The number of aliphatic hydroxyl groups is 1. The summed E-state index contributed by atoms with van der Waals surface area (Å²) in [4.78, 5) is 0. The third kappa shape index (κ3) is 2.05. The minimum atomic E-state index is -0.186. The lowest BCUT2D eigenvalue weighted by Gasteiger charge is -2.32. The molecular formula is C11H23NO. The number of hydrogen-bond donors (Lipinski definition) is 2. The summed E-state index contributed by atoms with van der Waals surface area (Å²) in [6.07, 6.45) is 5.40. The fourth-order valence-corrected chi connectivity index (χ4v) is 2.68. The number of nitrogens with two attached hydrogens (primary N) is 1. The number of rotatable bonds is 4. The molecule has 0 aromatic rings. The molecule has 0 aromatic carbocycles. The van der Waals surface area contributed by atoms with Crippen LogP contribution in [0.4, 0.5) is 0 Å². The normalized spacial score (nSPS) is 36.5. The van der Waals surface area contributed by atoms with Crippen molar-refractivity contribution >= 4 is 0 Å². The summed E-state index contributed by atoms with van der Waals surface area (Å²) >= 11 is 0. The molecule has 0 bridgehead atoms. The minimum Gasteiger partial charge on any atom is -0.393 e. The molecule has 0 saturated heterocycles. The van der Waals surface area contributed by atoms with Crippen LogP contribution in [0.5, 0.6) is 0 Å². The van der Waals surface area contributed by atoms with Crippen LogP contribution in [0.25, 0.3) is 0 Å². The van der Waals surface area contributed by atoms with Crippen molar-refractivity contribution in [1.82, 2.24) is 0 Å². The first-order valence-electron chi connectivity index (χ1n) is 5.56. The molecule has 1 rings (SSSR count). The summed E-state index contributed by atoms with van der Waals surface area (Å²) < 4.78 is 0. The first-order chi connectivity index (χ1) is 6.18. The van der Waals surface area contributed by atoms with Crippen LogP contribution < -0.4 is 5.73 Å². The molecule has 78 valence electrons. The van der Waals surface area contributed by atoms with E-state index in [0.29, 0.717) is 6.54 Å². The van der Waals surface area contributed by atoms with Gasteiger partial charge in [-0.25, -0.2) is 0 Å². The lowest BCUT2D eigenvalue weighted by atomic mass is 9.78. The van der Waals surface area contributed by atoms with Gasteiger partial charge in [-0.05, 0) is 31.6 Å². The first-order valence-corrected chi connectivity index (χ1v) is 5.56. The SMILES string of the molecule is CCC1CCC(CN)(C(O)CC)C1. The zero-order valence-electron chi connectivity index (χ0n) is 8.92. The second kappa shape index (κ2) is 4.43. The van der Waals surface area contributed by atoms with E-state index in [9.17, 15) is 5.11 Å². The third-order valence-corrected chi connectivity index (χ3v) is 3.82. The van der Waals surface area contributed by atoms with E-state index in [0.717, 1.165) is 25.2 Å². The Morgan fingerprint density at radius 3 is 2.62 bits per heavy atom. The van der Waals surface area contributed by atoms with E-state index >= 15 is 0 Å². The molecule has 0 amide bonds. The predicted octanol–water partition coefficient (Wildman–Crippen LogP) is 1.91. The van der Waals surface area contributed by atoms with E-state index in [-0.39, 0.29) is 11.5 Å². The van der Waals surface area contributed by atoms with Crippen molar-refractivity contribution in [1.29, 1.82) is 0 Å². The molecule has 0 aromatic heterocycles. The van der Waals surface area contributed by atoms with Crippen molar-refractivity contribution in [2.24, 2.45) is 17.1 Å². The summed E-state index contributed by atoms with van der Waals surface area (Å²) in [6, 6.07) is 0. The third-order valence-electron chi connectivity index (χ3n) is 3.82. The van der Waals surface area contributed by atoms with E-state index in [4.69, 9.17) is 5.73 Å². The Kier molecular flexibility index (Phi) is 3.74. The fraction of sp³-hybridized carbons (Fsp3) is 1.00. The molecule has 0 spiro atoms. The molecular weight excluding hydrogens is 162 g/mol. The molecule has 3 N–H and O–H groups in total. The van der Waals surface area contributed by atoms with Crippen LogP contribution in [0, 0.1) is 11.3 Å². The Hall–Kier alpha value is -0.0800. The lowest BCUT2D eigenvalue weighted by molar-refractivity contribution is 0.0288. The maximum absolute atomic E-state index is 9.94. The van der Waals surface area contributed by atoms with Gasteiger partial charge in [-0.15, -0.1) is 0 Å². The Morgan fingerprint density at radius 2 is 2.23 bits per heavy atom. The molecule has 0 heterocycles. The molecule has 1 aliphatic carbocycles. The number of aliphatic hydroxyl groups excluding tert-OH is 1. The van der Waals surface area contributed by atoms with Gasteiger partial charge in [0.2, 0.25) is 0 Å². The van der Waals surface area contributed by atoms with E-state index in [1.54, 1.807) is 0 Å². The number of hydrogen-bond acceptors (Lipinski definition) is 2. The second-order valence-electron chi connectivity index (χ2n) is 4.51. The van der Waals surface area contributed by atoms with Gasteiger partial charge in [0.05, 0.1) is 6.10 Å². The van der Waals surface area contributed by atoms with E-state index < -0.39 is 0 Å². The van der Waals surface area contributed by atoms with Gasteiger partial charge in [-0.1, -0.05) is 20.3 Å². The highest BCUT2D eigenvalue weighted by Gasteiger charge is 2.41. The minimum absolute atomic E-state index is 0.0510. The highest BCUT2D eigenvalue weighted by molar-refractivity contribution is 4.94. The summed E-state index contributed by atoms with van der Waals surface area (Å²) in [5.74, 6) is 0.796. The zero-order valence-corrected chi connectivity index (χ0v) is 8.92.